The van der Waals surface area contributed by atoms with Crippen molar-refractivity contribution in [3.05, 3.63) is 66.9 Å². The molecular weight excluding hydrogens is 294 g/mol. The van der Waals surface area contributed by atoms with Crippen LogP contribution in [0.3, 0.4) is 0 Å². The van der Waals surface area contributed by atoms with E-state index in [0.717, 1.165) is 28.1 Å². The lowest BCUT2D eigenvalue weighted by Gasteiger charge is -1.98. The Bertz CT molecular complexity index is 961. The van der Waals surface area contributed by atoms with Crippen LogP contribution >= 0.6 is 12.4 Å². The second kappa shape index (κ2) is 5.35. The molecule has 0 fully saturated rings. The number of para-hydroxylation sites is 2. The zero-order valence-corrected chi connectivity index (χ0v) is 13.0. The molecule has 4 heteroatoms. The normalized spacial score (nSPS) is 10.8. The van der Waals surface area contributed by atoms with E-state index in [1.807, 2.05) is 22.9 Å². The summed E-state index contributed by atoms with van der Waals surface area (Å²) in [5.74, 6) is 0.891. The molecule has 0 aliphatic rings. The molecule has 0 saturated heterocycles. The standard InChI is InChI=1S/C18H15N3.ClH/c1-3-20-16-6-4-5-7-17(16)21-12-15(19-18(20)21)14-10-8-13(2)9-11-14;/h3-12H,1H2,2H3;1H. The molecule has 2 aromatic heterocycles. The smallest absolute Gasteiger partial charge is 0.219 e. The molecule has 3 nitrogen and oxygen atoms in total. The summed E-state index contributed by atoms with van der Waals surface area (Å²) in [6.07, 6.45) is 3.89. The lowest BCUT2D eigenvalue weighted by molar-refractivity contribution is 1.16. The zero-order valence-electron chi connectivity index (χ0n) is 12.2. The number of benzene rings is 2. The van der Waals surface area contributed by atoms with Crippen LogP contribution in [0.1, 0.15) is 5.56 Å². The van der Waals surface area contributed by atoms with E-state index in [9.17, 15) is 0 Å². The van der Waals surface area contributed by atoms with Gasteiger partial charge in [-0.3, -0.25) is 8.97 Å². The van der Waals surface area contributed by atoms with E-state index in [-0.39, 0.29) is 12.4 Å². The SMILES string of the molecule is C=Cn1c2ccccc2n2cc(-c3ccc(C)cc3)nc12.Cl. The first-order valence-corrected chi connectivity index (χ1v) is 6.95. The molecule has 2 heterocycles. The van der Waals surface area contributed by atoms with Crippen molar-refractivity contribution in [3.8, 4) is 11.3 Å². The van der Waals surface area contributed by atoms with Crippen molar-refractivity contribution >= 4 is 35.4 Å². The van der Waals surface area contributed by atoms with Gasteiger partial charge in [-0.2, -0.15) is 0 Å². The van der Waals surface area contributed by atoms with Gasteiger partial charge in [0, 0.05) is 18.0 Å². The van der Waals surface area contributed by atoms with Crippen LogP contribution in [0.25, 0.3) is 34.3 Å². The van der Waals surface area contributed by atoms with E-state index in [4.69, 9.17) is 4.98 Å². The number of nitrogens with zero attached hydrogens (tertiary/aromatic N) is 3. The van der Waals surface area contributed by atoms with Crippen LogP contribution in [0, 0.1) is 6.92 Å². The Labute approximate surface area is 134 Å². The van der Waals surface area contributed by atoms with E-state index in [1.165, 1.54) is 5.56 Å². The summed E-state index contributed by atoms with van der Waals surface area (Å²) in [4.78, 5) is 4.78. The molecule has 0 saturated carbocycles. The van der Waals surface area contributed by atoms with Gasteiger partial charge in [-0.15, -0.1) is 12.4 Å². The highest BCUT2D eigenvalue weighted by molar-refractivity contribution is 5.85. The number of imidazole rings is 2. The third kappa shape index (κ3) is 2.02. The molecule has 0 amide bonds. The molecule has 2 aromatic carbocycles. The average molecular weight is 310 g/mol. The summed E-state index contributed by atoms with van der Waals surface area (Å²) in [6.45, 7) is 6.00. The molecule has 4 aromatic rings. The Kier molecular flexibility index (Phi) is 3.51. The van der Waals surface area contributed by atoms with Crippen LogP contribution in [0.2, 0.25) is 0 Å². The van der Waals surface area contributed by atoms with Crippen LogP contribution in [0.15, 0.2) is 61.3 Å². The number of hydrogen-bond acceptors (Lipinski definition) is 1. The molecule has 0 aliphatic heterocycles. The first-order chi connectivity index (χ1) is 10.3. The van der Waals surface area contributed by atoms with Crippen molar-refractivity contribution in [3.63, 3.8) is 0 Å². The Morgan fingerprint density at radius 2 is 1.68 bits per heavy atom. The minimum atomic E-state index is 0. The quantitative estimate of drug-likeness (QED) is 0.522. The van der Waals surface area contributed by atoms with Crippen LogP contribution in [-0.4, -0.2) is 14.0 Å². The second-order valence-electron chi connectivity index (χ2n) is 5.20. The average Bonchev–Trinajstić information content (AvgIpc) is 3.05. The molecule has 0 spiro atoms. The molecule has 0 radical (unpaired) electrons. The number of aryl methyl sites for hydroxylation is 1. The third-order valence-electron chi connectivity index (χ3n) is 3.83. The molecule has 0 bridgehead atoms. The zero-order chi connectivity index (χ0) is 14.4. The van der Waals surface area contributed by atoms with Gasteiger partial charge >= 0.3 is 0 Å². The summed E-state index contributed by atoms with van der Waals surface area (Å²) in [5.41, 5.74) is 5.61. The fourth-order valence-corrected chi connectivity index (χ4v) is 2.74. The van der Waals surface area contributed by atoms with Crippen molar-refractivity contribution in [2.24, 2.45) is 0 Å². The summed E-state index contributed by atoms with van der Waals surface area (Å²) in [5, 5.41) is 0. The van der Waals surface area contributed by atoms with E-state index >= 15 is 0 Å². The number of halogens is 1. The van der Waals surface area contributed by atoms with Crippen molar-refractivity contribution in [2.75, 3.05) is 0 Å². The Morgan fingerprint density at radius 1 is 1.00 bits per heavy atom. The van der Waals surface area contributed by atoms with Crippen LogP contribution in [0.5, 0.6) is 0 Å². The third-order valence-corrected chi connectivity index (χ3v) is 3.83. The fourth-order valence-electron chi connectivity index (χ4n) is 2.74. The van der Waals surface area contributed by atoms with Gasteiger partial charge in [-0.05, 0) is 19.1 Å². The van der Waals surface area contributed by atoms with Crippen LogP contribution < -0.4 is 0 Å². The van der Waals surface area contributed by atoms with Gasteiger partial charge in [0.15, 0.2) is 0 Å². The monoisotopic (exact) mass is 309 g/mol. The minimum Gasteiger partial charge on any atom is -0.286 e. The number of aromatic nitrogens is 3. The van der Waals surface area contributed by atoms with E-state index < -0.39 is 0 Å². The highest BCUT2D eigenvalue weighted by Gasteiger charge is 2.12. The lowest BCUT2D eigenvalue weighted by Crippen LogP contribution is -1.86. The summed E-state index contributed by atoms with van der Waals surface area (Å²) in [6, 6.07) is 16.7. The van der Waals surface area contributed by atoms with Gasteiger partial charge in [0.25, 0.3) is 0 Å². The van der Waals surface area contributed by atoms with Gasteiger partial charge in [0.2, 0.25) is 5.78 Å². The maximum absolute atomic E-state index is 4.78. The predicted molar refractivity (Wildman–Crippen MR) is 94.5 cm³/mol. The first kappa shape index (κ1) is 14.4. The Balaban J connectivity index is 0.00000144. The van der Waals surface area contributed by atoms with Gasteiger partial charge in [-0.1, -0.05) is 48.5 Å². The highest BCUT2D eigenvalue weighted by atomic mass is 35.5. The molecule has 22 heavy (non-hydrogen) atoms. The maximum Gasteiger partial charge on any atom is 0.219 e. The lowest BCUT2D eigenvalue weighted by atomic mass is 10.1. The van der Waals surface area contributed by atoms with Crippen molar-refractivity contribution < 1.29 is 0 Å². The molecule has 0 N–H and O–H groups in total. The Morgan fingerprint density at radius 3 is 2.36 bits per heavy atom. The molecule has 0 unspecified atom stereocenters. The minimum absolute atomic E-state index is 0. The Hall–Kier alpha value is -2.52. The van der Waals surface area contributed by atoms with Gasteiger partial charge in [0.1, 0.15) is 0 Å². The van der Waals surface area contributed by atoms with E-state index in [0.29, 0.717) is 0 Å². The second-order valence-corrected chi connectivity index (χ2v) is 5.20. The van der Waals surface area contributed by atoms with E-state index in [2.05, 4.69) is 60.5 Å². The molecule has 0 aliphatic carbocycles. The number of rotatable bonds is 2. The molecule has 110 valence electrons. The first-order valence-electron chi connectivity index (χ1n) is 6.95. The van der Waals surface area contributed by atoms with Crippen molar-refractivity contribution in [1.82, 2.24) is 14.0 Å². The van der Waals surface area contributed by atoms with Gasteiger partial charge in [0.05, 0.1) is 16.7 Å². The predicted octanol–water partition coefficient (Wildman–Crippen LogP) is 4.79. The maximum atomic E-state index is 4.78. The molecule has 0 atom stereocenters. The number of hydrogen-bond donors (Lipinski definition) is 0. The topological polar surface area (TPSA) is 22.2 Å². The summed E-state index contributed by atoms with van der Waals surface area (Å²) < 4.78 is 4.14. The van der Waals surface area contributed by atoms with Crippen molar-refractivity contribution in [1.29, 1.82) is 0 Å². The van der Waals surface area contributed by atoms with Gasteiger partial charge in [-0.25, -0.2) is 4.98 Å². The fraction of sp³-hybridized carbons (Fsp3) is 0.0556. The largest absolute Gasteiger partial charge is 0.286 e. The van der Waals surface area contributed by atoms with E-state index in [1.54, 1.807) is 0 Å². The van der Waals surface area contributed by atoms with Crippen LogP contribution in [-0.2, 0) is 0 Å². The van der Waals surface area contributed by atoms with Crippen LogP contribution in [0.4, 0.5) is 0 Å². The van der Waals surface area contributed by atoms with Gasteiger partial charge < -0.3 is 0 Å². The summed E-state index contributed by atoms with van der Waals surface area (Å²) in [7, 11) is 0. The molecular formula is C18H16ClN3. The number of fused-ring (bicyclic) bond motifs is 3. The molecule has 4 rings (SSSR count). The summed E-state index contributed by atoms with van der Waals surface area (Å²) >= 11 is 0. The highest BCUT2D eigenvalue weighted by Crippen LogP contribution is 2.25. The van der Waals surface area contributed by atoms with Crippen molar-refractivity contribution in [2.45, 2.75) is 6.92 Å².